The SMILES string of the molecule is C=CC(=O)Nc1cc(F)cc(Nc2nc(Nc3cn(C)nc3Cl)ncc2-c2ccc(C(F)(F)F)cc2)c1. The number of carbonyl (C=O) groups is 1. The second-order valence-electron chi connectivity index (χ2n) is 7.71. The van der Waals surface area contributed by atoms with Crippen molar-refractivity contribution in [3.63, 3.8) is 0 Å². The molecule has 4 rings (SSSR count). The molecule has 2 heterocycles. The molecule has 2 aromatic carbocycles. The number of carbonyl (C=O) groups excluding carboxylic acids is 1. The highest BCUT2D eigenvalue weighted by Gasteiger charge is 2.30. The number of rotatable bonds is 7. The Morgan fingerprint density at radius 3 is 2.43 bits per heavy atom. The third-order valence-corrected chi connectivity index (χ3v) is 5.23. The average Bonchev–Trinajstić information content (AvgIpc) is 3.14. The summed E-state index contributed by atoms with van der Waals surface area (Å²) in [4.78, 5) is 20.3. The topological polar surface area (TPSA) is 96.8 Å². The summed E-state index contributed by atoms with van der Waals surface area (Å²) < 4.78 is 54.9. The molecule has 0 saturated heterocycles. The van der Waals surface area contributed by atoms with Gasteiger partial charge in [0.1, 0.15) is 11.6 Å². The van der Waals surface area contributed by atoms with E-state index in [0.29, 0.717) is 16.8 Å². The van der Waals surface area contributed by atoms with Crippen LogP contribution in [0.15, 0.2) is 67.5 Å². The lowest BCUT2D eigenvalue weighted by atomic mass is 10.1. The number of benzene rings is 2. The smallest absolute Gasteiger partial charge is 0.339 e. The first-order valence-electron chi connectivity index (χ1n) is 10.5. The lowest BCUT2D eigenvalue weighted by Gasteiger charge is -2.15. The summed E-state index contributed by atoms with van der Waals surface area (Å²) in [6, 6.07) is 8.15. The standard InChI is InChI=1S/C24H18ClF4N7O/c1-3-20(37)31-16-8-15(26)9-17(10-16)32-22-18(13-4-6-14(7-5-13)24(27,28)29)11-30-23(34-22)33-19-12-36(2)35-21(19)25/h3-12H,1H2,2H3,(H,31,37)(H2,30,32,33,34). The lowest BCUT2D eigenvalue weighted by Crippen LogP contribution is -2.08. The largest absolute Gasteiger partial charge is 0.416 e. The summed E-state index contributed by atoms with van der Waals surface area (Å²) in [6.07, 6.45) is -0.471. The Morgan fingerprint density at radius 2 is 1.81 bits per heavy atom. The molecule has 4 aromatic rings. The Bertz CT molecular complexity index is 1470. The van der Waals surface area contributed by atoms with Crippen LogP contribution in [0.2, 0.25) is 5.15 Å². The van der Waals surface area contributed by atoms with E-state index in [4.69, 9.17) is 11.6 Å². The van der Waals surface area contributed by atoms with Crippen LogP contribution < -0.4 is 16.0 Å². The number of hydrogen-bond donors (Lipinski definition) is 3. The van der Waals surface area contributed by atoms with Gasteiger partial charge in [0.25, 0.3) is 0 Å². The number of nitrogens with zero attached hydrogens (tertiary/aromatic N) is 4. The van der Waals surface area contributed by atoms with Gasteiger partial charge in [0.15, 0.2) is 5.15 Å². The van der Waals surface area contributed by atoms with Gasteiger partial charge in [-0.2, -0.15) is 23.3 Å². The molecule has 0 unspecified atom stereocenters. The zero-order valence-electron chi connectivity index (χ0n) is 19.1. The molecule has 3 N–H and O–H groups in total. The Kier molecular flexibility index (Phi) is 7.11. The fourth-order valence-corrected chi connectivity index (χ4v) is 3.53. The second kappa shape index (κ2) is 10.3. The summed E-state index contributed by atoms with van der Waals surface area (Å²) >= 11 is 6.09. The molecular formula is C24H18ClF4N7O. The van der Waals surface area contributed by atoms with E-state index in [1.807, 2.05) is 0 Å². The molecular weight excluding hydrogens is 514 g/mol. The third kappa shape index (κ3) is 6.22. The van der Waals surface area contributed by atoms with Crippen LogP contribution in [-0.2, 0) is 18.0 Å². The first kappa shape index (κ1) is 25.6. The van der Waals surface area contributed by atoms with Crippen LogP contribution in [0.4, 0.5) is 46.4 Å². The molecule has 0 aliphatic carbocycles. The minimum atomic E-state index is -4.50. The van der Waals surface area contributed by atoms with E-state index in [1.165, 1.54) is 29.1 Å². The lowest BCUT2D eigenvalue weighted by molar-refractivity contribution is -0.137. The van der Waals surface area contributed by atoms with Crippen LogP contribution in [0, 0.1) is 5.82 Å². The van der Waals surface area contributed by atoms with E-state index in [9.17, 15) is 22.4 Å². The molecule has 0 fully saturated rings. The zero-order valence-corrected chi connectivity index (χ0v) is 19.8. The van der Waals surface area contributed by atoms with Crippen molar-refractivity contribution in [3.05, 3.63) is 84.0 Å². The molecule has 190 valence electrons. The molecule has 8 nitrogen and oxygen atoms in total. The van der Waals surface area contributed by atoms with Crippen LogP contribution in [0.25, 0.3) is 11.1 Å². The number of amides is 1. The normalized spacial score (nSPS) is 11.2. The molecule has 0 saturated carbocycles. The number of halogens is 5. The molecule has 0 radical (unpaired) electrons. The first-order valence-corrected chi connectivity index (χ1v) is 10.9. The van der Waals surface area contributed by atoms with Gasteiger partial charge in [0, 0.05) is 36.4 Å². The summed E-state index contributed by atoms with van der Waals surface area (Å²) in [7, 11) is 1.67. The molecule has 0 aliphatic heterocycles. The summed E-state index contributed by atoms with van der Waals surface area (Å²) in [5.74, 6) is -0.965. The number of anilines is 5. The van der Waals surface area contributed by atoms with Crippen LogP contribution in [0.3, 0.4) is 0 Å². The highest BCUT2D eigenvalue weighted by atomic mass is 35.5. The van der Waals surface area contributed by atoms with Crippen molar-refractivity contribution in [2.24, 2.45) is 7.05 Å². The van der Waals surface area contributed by atoms with Gasteiger partial charge in [-0.1, -0.05) is 30.3 Å². The van der Waals surface area contributed by atoms with E-state index in [1.54, 1.807) is 13.2 Å². The molecule has 2 aromatic heterocycles. The number of aryl methyl sites for hydroxylation is 1. The number of hydrogen-bond acceptors (Lipinski definition) is 6. The second-order valence-corrected chi connectivity index (χ2v) is 8.07. The molecule has 37 heavy (non-hydrogen) atoms. The Labute approximate surface area is 213 Å². The van der Waals surface area contributed by atoms with E-state index in [0.717, 1.165) is 30.3 Å². The Balaban J connectivity index is 1.75. The van der Waals surface area contributed by atoms with Crippen molar-refractivity contribution in [2.75, 3.05) is 16.0 Å². The number of nitrogens with one attached hydrogen (secondary N) is 3. The van der Waals surface area contributed by atoms with Gasteiger partial charge >= 0.3 is 6.18 Å². The highest BCUT2D eigenvalue weighted by molar-refractivity contribution is 6.32. The quantitative estimate of drug-likeness (QED) is 0.191. The number of alkyl halides is 3. The van der Waals surface area contributed by atoms with Crippen molar-refractivity contribution in [2.45, 2.75) is 6.18 Å². The minimum absolute atomic E-state index is 0.0876. The maximum absolute atomic E-state index is 14.3. The first-order chi connectivity index (χ1) is 17.5. The molecule has 13 heteroatoms. The van der Waals surface area contributed by atoms with Gasteiger partial charge in [-0.3, -0.25) is 9.48 Å². The molecule has 0 bridgehead atoms. The molecule has 1 amide bonds. The molecule has 0 atom stereocenters. The van der Waals surface area contributed by atoms with Crippen LogP contribution in [0.5, 0.6) is 0 Å². The summed E-state index contributed by atoms with van der Waals surface area (Å²) in [5.41, 5.74) is 0.659. The Morgan fingerprint density at radius 1 is 1.11 bits per heavy atom. The minimum Gasteiger partial charge on any atom is -0.339 e. The van der Waals surface area contributed by atoms with Gasteiger partial charge in [0.2, 0.25) is 11.9 Å². The van der Waals surface area contributed by atoms with Gasteiger partial charge < -0.3 is 16.0 Å². The summed E-state index contributed by atoms with van der Waals surface area (Å²) in [5, 5.41) is 12.5. The number of aromatic nitrogens is 4. The Hall–Kier alpha value is -4.45. The van der Waals surface area contributed by atoms with Gasteiger partial charge in [-0.05, 0) is 42.0 Å². The fourth-order valence-electron chi connectivity index (χ4n) is 3.32. The van der Waals surface area contributed by atoms with Gasteiger partial charge in [-0.25, -0.2) is 9.37 Å². The monoisotopic (exact) mass is 531 g/mol. The van der Waals surface area contributed by atoms with Gasteiger partial charge in [-0.15, -0.1) is 0 Å². The fraction of sp³-hybridized carbons (Fsp3) is 0.0833. The highest BCUT2D eigenvalue weighted by Crippen LogP contribution is 2.34. The van der Waals surface area contributed by atoms with Crippen LogP contribution in [0.1, 0.15) is 5.56 Å². The summed E-state index contributed by atoms with van der Waals surface area (Å²) in [6.45, 7) is 3.36. The predicted octanol–water partition coefficient (Wildman–Crippen LogP) is 6.30. The third-order valence-electron chi connectivity index (χ3n) is 4.96. The predicted molar refractivity (Wildman–Crippen MR) is 132 cm³/mol. The van der Waals surface area contributed by atoms with Crippen molar-refractivity contribution < 1.29 is 22.4 Å². The van der Waals surface area contributed by atoms with E-state index < -0.39 is 23.5 Å². The van der Waals surface area contributed by atoms with Crippen molar-refractivity contribution in [3.8, 4) is 11.1 Å². The maximum Gasteiger partial charge on any atom is 0.416 e. The van der Waals surface area contributed by atoms with Crippen molar-refractivity contribution in [1.29, 1.82) is 0 Å². The van der Waals surface area contributed by atoms with Crippen molar-refractivity contribution >= 4 is 46.3 Å². The van der Waals surface area contributed by atoms with E-state index >= 15 is 0 Å². The van der Waals surface area contributed by atoms with Crippen molar-refractivity contribution in [1.82, 2.24) is 19.7 Å². The average molecular weight is 532 g/mol. The van der Waals surface area contributed by atoms with Gasteiger partial charge in [0.05, 0.1) is 11.3 Å². The van der Waals surface area contributed by atoms with E-state index in [-0.39, 0.29) is 28.3 Å². The molecule has 0 aliphatic rings. The maximum atomic E-state index is 14.3. The van der Waals surface area contributed by atoms with E-state index in [2.05, 4.69) is 37.6 Å². The van der Waals surface area contributed by atoms with Crippen LogP contribution >= 0.6 is 11.6 Å². The molecule has 0 spiro atoms. The van der Waals surface area contributed by atoms with Crippen LogP contribution in [-0.4, -0.2) is 25.7 Å². The zero-order chi connectivity index (χ0) is 26.7.